The van der Waals surface area contributed by atoms with Crippen molar-refractivity contribution in [1.82, 2.24) is 5.32 Å². The van der Waals surface area contributed by atoms with Gasteiger partial charge >= 0.3 is 0 Å². The van der Waals surface area contributed by atoms with Crippen molar-refractivity contribution in [3.05, 3.63) is 28.2 Å². The van der Waals surface area contributed by atoms with E-state index in [-0.39, 0.29) is 5.96 Å². The van der Waals surface area contributed by atoms with Gasteiger partial charge in [0, 0.05) is 6.54 Å². The molecular weight excluding hydrogens is 261 g/mol. The summed E-state index contributed by atoms with van der Waals surface area (Å²) in [5.41, 5.74) is 5.82. The average molecular weight is 272 g/mol. The second kappa shape index (κ2) is 6.97. The molecule has 1 aromatic rings. The largest absolute Gasteiger partial charge is 0.329 e. The molecule has 0 spiro atoms. The number of anilines is 1. The topological polar surface area (TPSA) is 86.2 Å². The Balaban J connectivity index is 2.90. The fourth-order valence-corrected chi connectivity index (χ4v) is 1.57. The molecular formula is C10H11Cl2N5. The van der Waals surface area contributed by atoms with Crippen molar-refractivity contribution in [3.63, 3.8) is 0 Å². The van der Waals surface area contributed by atoms with Gasteiger partial charge in [-0.15, -0.1) is 0 Å². The van der Waals surface area contributed by atoms with E-state index in [4.69, 9.17) is 34.2 Å². The zero-order valence-corrected chi connectivity index (χ0v) is 10.4. The molecule has 1 aromatic carbocycles. The number of nitrogens with two attached hydrogens (primary N) is 1. The molecule has 0 saturated carbocycles. The van der Waals surface area contributed by atoms with E-state index in [2.05, 4.69) is 15.6 Å². The standard InChI is InChI=1S/C10H11Cl2N5/c11-7-2-1-3-8(12)9(7)17-10(16-6-14)15-5-4-13/h1-3H,4-5,13H2,(H2,15,16,17). The molecule has 0 radical (unpaired) electrons. The Labute approximate surface area is 109 Å². The average Bonchev–Trinajstić information content (AvgIpc) is 2.31. The van der Waals surface area contributed by atoms with E-state index in [1.807, 2.05) is 0 Å². The molecule has 0 amide bonds. The maximum absolute atomic E-state index is 8.57. The Morgan fingerprint density at radius 2 is 2.06 bits per heavy atom. The number of nitrogens with one attached hydrogen (secondary N) is 2. The fourth-order valence-electron chi connectivity index (χ4n) is 1.08. The second-order valence-electron chi connectivity index (χ2n) is 2.98. The van der Waals surface area contributed by atoms with Crippen LogP contribution < -0.4 is 16.4 Å². The number of aliphatic imine (C=N–C) groups is 1. The normalized spacial score (nSPS) is 10.8. The number of hydrogen-bond donors (Lipinski definition) is 3. The molecule has 0 atom stereocenters. The van der Waals surface area contributed by atoms with Crippen LogP contribution in [0.4, 0.5) is 5.69 Å². The summed E-state index contributed by atoms with van der Waals surface area (Å²) < 4.78 is 0. The smallest absolute Gasteiger partial charge is 0.209 e. The number of benzene rings is 1. The molecule has 0 aliphatic rings. The summed E-state index contributed by atoms with van der Waals surface area (Å²) in [5, 5.41) is 14.7. The van der Waals surface area contributed by atoms with Crippen molar-refractivity contribution >= 4 is 34.8 Å². The Morgan fingerprint density at radius 3 is 2.59 bits per heavy atom. The lowest BCUT2D eigenvalue weighted by molar-refractivity contribution is 0.964. The van der Waals surface area contributed by atoms with Crippen LogP contribution >= 0.6 is 23.2 Å². The summed E-state index contributed by atoms with van der Waals surface area (Å²) in [6.07, 6.45) is 1.77. The molecule has 0 unspecified atom stereocenters. The van der Waals surface area contributed by atoms with Gasteiger partial charge in [-0.1, -0.05) is 29.3 Å². The van der Waals surface area contributed by atoms with Crippen LogP contribution in [0.2, 0.25) is 10.0 Å². The summed E-state index contributed by atoms with van der Waals surface area (Å²) in [6.45, 7) is 0.771. The Morgan fingerprint density at radius 1 is 1.41 bits per heavy atom. The highest BCUT2D eigenvalue weighted by atomic mass is 35.5. The number of hydrogen-bond acceptors (Lipinski definition) is 3. The maximum atomic E-state index is 8.57. The van der Waals surface area contributed by atoms with Crippen LogP contribution in [-0.2, 0) is 0 Å². The summed E-state index contributed by atoms with van der Waals surface area (Å²) in [7, 11) is 0. The van der Waals surface area contributed by atoms with Gasteiger partial charge in [0.2, 0.25) is 5.96 Å². The third kappa shape index (κ3) is 4.11. The van der Waals surface area contributed by atoms with Crippen molar-refractivity contribution in [2.24, 2.45) is 10.7 Å². The molecule has 17 heavy (non-hydrogen) atoms. The Bertz CT molecular complexity index is 432. The second-order valence-corrected chi connectivity index (χ2v) is 3.79. The minimum absolute atomic E-state index is 0.257. The molecule has 90 valence electrons. The minimum atomic E-state index is 0.257. The van der Waals surface area contributed by atoms with Crippen LogP contribution in [-0.4, -0.2) is 19.0 Å². The van der Waals surface area contributed by atoms with Crippen molar-refractivity contribution < 1.29 is 0 Å². The number of guanidine groups is 1. The van der Waals surface area contributed by atoms with E-state index in [0.717, 1.165) is 0 Å². The summed E-state index contributed by atoms with van der Waals surface area (Å²) >= 11 is 11.9. The van der Waals surface area contributed by atoms with E-state index < -0.39 is 0 Å². The number of para-hydroxylation sites is 1. The van der Waals surface area contributed by atoms with E-state index in [1.165, 1.54) is 0 Å². The molecule has 0 aliphatic carbocycles. The first-order valence-electron chi connectivity index (χ1n) is 4.79. The number of rotatable bonds is 3. The number of nitriles is 1. The molecule has 0 heterocycles. The van der Waals surface area contributed by atoms with Crippen LogP contribution in [0.3, 0.4) is 0 Å². The monoisotopic (exact) mass is 271 g/mol. The predicted octanol–water partition coefficient (Wildman–Crippen LogP) is 1.79. The molecule has 5 nitrogen and oxygen atoms in total. The molecule has 0 bridgehead atoms. The molecule has 0 fully saturated rings. The lowest BCUT2D eigenvalue weighted by atomic mass is 10.3. The molecule has 1 rings (SSSR count). The minimum Gasteiger partial charge on any atom is -0.329 e. The van der Waals surface area contributed by atoms with Crippen molar-refractivity contribution in [2.45, 2.75) is 0 Å². The van der Waals surface area contributed by atoms with Gasteiger partial charge in [-0.3, -0.25) is 10.3 Å². The summed E-state index contributed by atoms with van der Waals surface area (Å²) in [5.74, 6) is 0.257. The number of halogens is 2. The highest BCUT2D eigenvalue weighted by Crippen LogP contribution is 2.29. The predicted molar refractivity (Wildman–Crippen MR) is 70.2 cm³/mol. The first-order chi connectivity index (χ1) is 8.19. The molecule has 0 saturated heterocycles. The molecule has 0 aliphatic heterocycles. The van der Waals surface area contributed by atoms with E-state index in [0.29, 0.717) is 28.8 Å². The van der Waals surface area contributed by atoms with Gasteiger partial charge < -0.3 is 11.1 Å². The van der Waals surface area contributed by atoms with Gasteiger partial charge in [0.1, 0.15) is 0 Å². The highest BCUT2D eigenvalue weighted by Gasteiger charge is 2.07. The van der Waals surface area contributed by atoms with E-state index >= 15 is 0 Å². The molecule has 7 heteroatoms. The summed E-state index contributed by atoms with van der Waals surface area (Å²) in [4.78, 5) is 4.04. The lowest BCUT2D eigenvalue weighted by Gasteiger charge is -2.10. The third-order valence-corrected chi connectivity index (χ3v) is 2.41. The van der Waals surface area contributed by atoms with Crippen LogP contribution in [0, 0.1) is 11.5 Å². The highest BCUT2D eigenvalue weighted by molar-refractivity contribution is 6.39. The maximum Gasteiger partial charge on any atom is 0.209 e. The van der Waals surface area contributed by atoms with Gasteiger partial charge in [-0.2, -0.15) is 5.26 Å². The first kappa shape index (κ1) is 13.6. The third-order valence-electron chi connectivity index (χ3n) is 1.78. The van der Waals surface area contributed by atoms with Gasteiger partial charge in [-0.05, 0) is 12.1 Å². The Kier molecular flexibility index (Phi) is 5.57. The van der Waals surface area contributed by atoms with Gasteiger partial charge in [0.25, 0.3) is 0 Å². The van der Waals surface area contributed by atoms with Crippen LogP contribution in [0.5, 0.6) is 0 Å². The van der Waals surface area contributed by atoms with Gasteiger partial charge in [0.15, 0.2) is 6.19 Å². The van der Waals surface area contributed by atoms with E-state index in [1.54, 1.807) is 24.4 Å². The fraction of sp³-hybridized carbons (Fsp3) is 0.200. The zero-order chi connectivity index (χ0) is 12.7. The number of nitrogens with zero attached hydrogens (tertiary/aromatic N) is 2. The molecule has 0 aromatic heterocycles. The summed E-state index contributed by atoms with van der Waals surface area (Å²) in [6, 6.07) is 5.09. The SMILES string of the molecule is N#CNC(=NCCN)Nc1c(Cl)cccc1Cl. The molecule has 4 N–H and O–H groups in total. The van der Waals surface area contributed by atoms with Gasteiger partial charge in [-0.25, -0.2) is 0 Å². The van der Waals surface area contributed by atoms with Gasteiger partial charge in [0.05, 0.1) is 22.3 Å². The van der Waals surface area contributed by atoms with Crippen LogP contribution in [0.25, 0.3) is 0 Å². The quantitative estimate of drug-likeness (QED) is 0.339. The van der Waals surface area contributed by atoms with Crippen molar-refractivity contribution in [3.8, 4) is 6.19 Å². The van der Waals surface area contributed by atoms with Crippen molar-refractivity contribution in [2.75, 3.05) is 18.4 Å². The van der Waals surface area contributed by atoms with Crippen LogP contribution in [0.1, 0.15) is 0 Å². The van der Waals surface area contributed by atoms with Crippen molar-refractivity contribution in [1.29, 1.82) is 5.26 Å². The first-order valence-corrected chi connectivity index (χ1v) is 5.55. The lowest BCUT2D eigenvalue weighted by Crippen LogP contribution is -2.28. The van der Waals surface area contributed by atoms with Crippen LogP contribution in [0.15, 0.2) is 23.2 Å². The zero-order valence-electron chi connectivity index (χ0n) is 8.87. The Hall–Kier alpha value is -1.48. The van der Waals surface area contributed by atoms with E-state index in [9.17, 15) is 0 Å².